The lowest BCUT2D eigenvalue weighted by molar-refractivity contribution is 0.226. The van der Waals surface area contributed by atoms with Crippen LogP contribution in [0.5, 0.6) is 0 Å². The molecule has 2 unspecified atom stereocenters. The Morgan fingerprint density at radius 3 is 1.68 bits per heavy atom. The van der Waals surface area contributed by atoms with Crippen molar-refractivity contribution in [2.45, 2.75) is 65.7 Å². The van der Waals surface area contributed by atoms with Crippen molar-refractivity contribution in [2.75, 3.05) is 6.61 Å². The minimum atomic E-state index is -5.17. The Bertz CT molecular complexity index is 269. The molecule has 0 spiro atoms. The number of unbranched alkanes of at least 4 members (excludes halogenated alkanes) is 2. The minimum Gasteiger partial charge on any atom is -0.759 e. The maximum Gasteiger partial charge on any atom is 0.0456 e. The summed E-state index contributed by atoms with van der Waals surface area (Å²) in [4.78, 5) is 0. The largest absolute Gasteiger partial charge is 0.759 e. The fourth-order valence-electron chi connectivity index (χ4n) is 1.77. The lowest BCUT2D eigenvalue weighted by atomic mass is 9.96. The first-order valence-electron chi connectivity index (χ1n) is 6.98. The third-order valence-electron chi connectivity index (χ3n) is 3.01. The van der Waals surface area contributed by atoms with Gasteiger partial charge in [0.05, 0.1) is 0 Å². The molecule has 0 saturated carbocycles. The molecule has 2 atom stereocenters. The minimum absolute atomic E-state index is 0.353. The molecule has 0 aromatic rings. The molecule has 6 heteroatoms. The van der Waals surface area contributed by atoms with E-state index >= 15 is 0 Å². The van der Waals surface area contributed by atoms with E-state index in [4.69, 9.17) is 22.6 Å². The number of hydrogen-bond acceptors (Lipinski definition) is 5. The fourth-order valence-corrected chi connectivity index (χ4v) is 1.77. The summed E-state index contributed by atoms with van der Waals surface area (Å²) < 4.78 is 34.1. The van der Waals surface area contributed by atoms with Gasteiger partial charge in [-0.1, -0.05) is 59.3 Å². The van der Waals surface area contributed by atoms with Crippen LogP contribution in [0.4, 0.5) is 0 Å². The van der Waals surface area contributed by atoms with Gasteiger partial charge in [-0.25, -0.2) is 0 Å². The molecule has 1 N–H and O–H groups in total. The van der Waals surface area contributed by atoms with Crippen molar-refractivity contribution in [3.8, 4) is 0 Å². The van der Waals surface area contributed by atoms with Crippen LogP contribution in [0.15, 0.2) is 0 Å². The smallest absolute Gasteiger partial charge is 0.0456 e. The summed E-state index contributed by atoms with van der Waals surface area (Å²) in [7, 11) is -5.17. The van der Waals surface area contributed by atoms with Gasteiger partial charge < -0.3 is 14.2 Å². The highest BCUT2D eigenvalue weighted by Crippen LogP contribution is 2.17. The van der Waals surface area contributed by atoms with Gasteiger partial charge in [0.1, 0.15) is 0 Å². The highest BCUT2D eigenvalue weighted by molar-refractivity contribution is 7.79. The summed E-state index contributed by atoms with van der Waals surface area (Å²) in [6.07, 6.45) is 9.30. The average molecular weight is 296 g/mol. The molecule has 118 valence electrons. The number of aliphatic hydroxyl groups is 1. The molecule has 0 saturated heterocycles. The van der Waals surface area contributed by atoms with Crippen LogP contribution < -0.4 is 0 Å². The second kappa shape index (κ2) is 12.8. The molecule has 0 bridgehead atoms. The highest BCUT2D eigenvalue weighted by atomic mass is 32.3. The Morgan fingerprint density at radius 2 is 1.32 bits per heavy atom. The summed E-state index contributed by atoms with van der Waals surface area (Å²) in [6, 6.07) is 0. The zero-order chi connectivity index (χ0) is 15.3. The van der Waals surface area contributed by atoms with E-state index in [2.05, 4.69) is 20.8 Å². The highest BCUT2D eigenvalue weighted by Gasteiger charge is 2.03. The first kappa shape index (κ1) is 21.1. The van der Waals surface area contributed by atoms with Gasteiger partial charge in [0, 0.05) is 17.0 Å². The van der Waals surface area contributed by atoms with Crippen molar-refractivity contribution in [3.05, 3.63) is 0 Å². The van der Waals surface area contributed by atoms with Crippen LogP contribution in [0, 0.1) is 11.8 Å². The van der Waals surface area contributed by atoms with E-state index < -0.39 is 10.4 Å². The van der Waals surface area contributed by atoms with E-state index in [0.717, 1.165) is 5.92 Å². The van der Waals surface area contributed by atoms with Crippen LogP contribution in [0.25, 0.3) is 0 Å². The summed E-state index contributed by atoms with van der Waals surface area (Å²) >= 11 is 0. The summed E-state index contributed by atoms with van der Waals surface area (Å²) in [5.74, 6) is 1.40. The predicted molar refractivity (Wildman–Crippen MR) is 73.9 cm³/mol. The van der Waals surface area contributed by atoms with Gasteiger partial charge in [-0.2, -0.15) is 0 Å². The van der Waals surface area contributed by atoms with Crippen molar-refractivity contribution in [2.24, 2.45) is 11.8 Å². The van der Waals surface area contributed by atoms with E-state index in [1.54, 1.807) is 0 Å². The molecule has 5 nitrogen and oxygen atoms in total. The first-order chi connectivity index (χ1) is 8.70. The maximum absolute atomic E-state index is 8.86. The van der Waals surface area contributed by atoms with Crippen LogP contribution in [-0.2, 0) is 10.4 Å². The summed E-state index contributed by atoms with van der Waals surface area (Å²) in [5, 5.41) is 8.86. The summed E-state index contributed by atoms with van der Waals surface area (Å²) in [6.45, 7) is 7.10. The third kappa shape index (κ3) is 27.1. The van der Waals surface area contributed by atoms with E-state index in [1.165, 1.54) is 44.9 Å². The molecule has 0 aliphatic carbocycles. The van der Waals surface area contributed by atoms with Gasteiger partial charge in [-0.3, -0.25) is 8.42 Å². The molecule has 0 aliphatic rings. The van der Waals surface area contributed by atoms with Crippen LogP contribution in [-0.4, -0.2) is 29.2 Å². The van der Waals surface area contributed by atoms with Crippen LogP contribution in [0.2, 0.25) is 0 Å². The van der Waals surface area contributed by atoms with Crippen LogP contribution >= 0.6 is 0 Å². The third-order valence-corrected chi connectivity index (χ3v) is 3.01. The maximum atomic E-state index is 8.86. The SMILES string of the molecule is CCCCC(C)CCCCC(C)CO.O=S(=O)([O-])[O-]. The van der Waals surface area contributed by atoms with Crippen LogP contribution in [0.3, 0.4) is 0 Å². The topological polar surface area (TPSA) is 100 Å². The van der Waals surface area contributed by atoms with Crippen molar-refractivity contribution >= 4 is 10.4 Å². The number of rotatable bonds is 9. The van der Waals surface area contributed by atoms with Gasteiger partial charge in [0.25, 0.3) is 0 Å². The van der Waals surface area contributed by atoms with Crippen LogP contribution in [0.1, 0.15) is 65.7 Å². The Morgan fingerprint density at radius 1 is 0.947 bits per heavy atom. The second-order valence-corrected chi connectivity index (χ2v) is 6.04. The second-order valence-electron chi connectivity index (χ2n) is 5.23. The average Bonchev–Trinajstić information content (AvgIpc) is 2.29. The molecule has 19 heavy (non-hydrogen) atoms. The van der Waals surface area contributed by atoms with Crippen molar-refractivity contribution in [3.63, 3.8) is 0 Å². The lowest BCUT2D eigenvalue weighted by Crippen LogP contribution is -2.01. The molecular weight excluding hydrogens is 268 g/mol. The van der Waals surface area contributed by atoms with Gasteiger partial charge in [0.15, 0.2) is 0 Å². The predicted octanol–water partition coefficient (Wildman–Crippen LogP) is 2.66. The first-order valence-corrected chi connectivity index (χ1v) is 8.31. The molecule has 0 amide bonds. The van der Waals surface area contributed by atoms with E-state index in [9.17, 15) is 0 Å². The lowest BCUT2D eigenvalue weighted by Gasteiger charge is -2.11. The van der Waals surface area contributed by atoms with Gasteiger partial charge in [-0.15, -0.1) is 0 Å². The molecule has 0 rings (SSSR count). The molecule has 0 aliphatic heterocycles. The standard InChI is InChI=1S/C13H28O.H2O4S/c1-4-5-8-12(2)9-6-7-10-13(3)11-14;1-5(2,3)4/h12-14H,4-11H2,1-3H3;(H2,1,2,3,4)/p-2. The Labute approximate surface area is 118 Å². The van der Waals surface area contributed by atoms with Crippen molar-refractivity contribution in [1.29, 1.82) is 0 Å². The Hall–Kier alpha value is -0.170. The van der Waals surface area contributed by atoms with Gasteiger partial charge in [0.2, 0.25) is 0 Å². The van der Waals surface area contributed by atoms with Gasteiger partial charge in [-0.05, 0) is 18.3 Å². The quantitative estimate of drug-likeness (QED) is 0.400. The zero-order valence-corrected chi connectivity index (χ0v) is 13.1. The zero-order valence-electron chi connectivity index (χ0n) is 12.3. The van der Waals surface area contributed by atoms with E-state index in [-0.39, 0.29) is 0 Å². The van der Waals surface area contributed by atoms with Gasteiger partial charge >= 0.3 is 0 Å². The van der Waals surface area contributed by atoms with E-state index in [0.29, 0.717) is 12.5 Å². The Kier molecular flexibility index (Phi) is 14.3. The number of hydrogen-bond donors (Lipinski definition) is 1. The molecule has 0 aromatic carbocycles. The van der Waals surface area contributed by atoms with E-state index in [1.807, 2.05) is 0 Å². The summed E-state index contributed by atoms with van der Waals surface area (Å²) in [5.41, 5.74) is 0. The number of aliphatic hydroxyl groups excluding tert-OH is 1. The molecule has 0 radical (unpaired) electrons. The molecule has 0 heterocycles. The molecule has 0 aromatic heterocycles. The molecule has 0 fully saturated rings. The monoisotopic (exact) mass is 296 g/mol. The van der Waals surface area contributed by atoms with Crippen molar-refractivity contribution in [1.82, 2.24) is 0 Å². The Balaban J connectivity index is 0. The molecular formula is C13H28O5S-2. The van der Waals surface area contributed by atoms with Crippen molar-refractivity contribution < 1.29 is 22.6 Å². The normalized spacial score (nSPS) is 14.4. The fraction of sp³-hybridized carbons (Fsp3) is 1.00.